The van der Waals surface area contributed by atoms with Crippen molar-refractivity contribution in [1.29, 1.82) is 0 Å². The van der Waals surface area contributed by atoms with Gasteiger partial charge in [-0.2, -0.15) is 0 Å². The van der Waals surface area contributed by atoms with Crippen molar-refractivity contribution in [2.24, 2.45) is 5.73 Å². The summed E-state index contributed by atoms with van der Waals surface area (Å²) < 4.78 is 0. The van der Waals surface area contributed by atoms with Gasteiger partial charge in [-0.15, -0.1) is 0 Å². The quantitative estimate of drug-likeness (QED) is 0.407. The number of nitrogens with zero attached hydrogens (tertiary/aromatic N) is 2. The van der Waals surface area contributed by atoms with Crippen LogP contribution in [0, 0.1) is 10.1 Å². The van der Waals surface area contributed by atoms with E-state index in [1.165, 1.54) is 12.1 Å². The number of unbranched alkanes of at least 4 members (excludes halogenated alkanes) is 3. The summed E-state index contributed by atoms with van der Waals surface area (Å²) in [5.41, 5.74) is 6.43. The third-order valence-corrected chi connectivity index (χ3v) is 3.79. The summed E-state index contributed by atoms with van der Waals surface area (Å²) in [7, 11) is 0. The number of rotatable bonds is 10. The normalized spacial score (nSPS) is 10.8. The molecule has 2 N–H and O–H groups in total. The van der Waals surface area contributed by atoms with Gasteiger partial charge in [-0.25, -0.2) is 0 Å². The van der Waals surface area contributed by atoms with Crippen LogP contribution in [0.4, 0.5) is 5.69 Å². The highest BCUT2D eigenvalue weighted by molar-refractivity contribution is 5.76. The molecule has 0 aromatic heterocycles. The van der Waals surface area contributed by atoms with Gasteiger partial charge in [0.1, 0.15) is 0 Å². The predicted octanol–water partition coefficient (Wildman–Crippen LogP) is 3.24. The summed E-state index contributed by atoms with van der Waals surface area (Å²) in [6, 6.07) is 6.47. The van der Waals surface area contributed by atoms with E-state index >= 15 is 0 Å². The molecule has 0 saturated carbocycles. The molecule has 0 bridgehead atoms. The Morgan fingerprint density at radius 1 is 1.17 bits per heavy atom. The second-order valence-electron chi connectivity index (χ2n) is 5.99. The summed E-state index contributed by atoms with van der Waals surface area (Å²) >= 11 is 0. The van der Waals surface area contributed by atoms with E-state index in [9.17, 15) is 14.9 Å². The van der Waals surface area contributed by atoms with Gasteiger partial charge in [0, 0.05) is 31.1 Å². The minimum atomic E-state index is -0.420. The van der Waals surface area contributed by atoms with Crippen molar-refractivity contribution >= 4 is 11.6 Å². The number of benzene rings is 1. The predicted molar refractivity (Wildman–Crippen MR) is 90.9 cm³/mol. The molecule has 0 fully saturated rings. The van der Waals surface area contributed by atoms with Gasteiger partial charge in [-0.1, -0.05) is 25.0 Å². The number of carbonyl (C=O) groups excluding carboxylic acids is 1. The van der Waals surface area contributed by atoms with Crippen molar-refractivity contribution in [2.75, 3.05) is 6.54 Å². The van der Waals surface area contributed by atoms with Crippen LogP contribution in [0.3, 0.4) is 0 Å². The van der Waals surface area contributed by atoms with Gasteiger partial charge in [0.25, 0.3) is 5.69 Å². The minimum absolute atomic E-state index is 0.0658. The van der Waals surface area contributed by atoms with E-state index in [4.69, 9.17) is 5.73 Å². The lowest BCUT2D eigenvalue weighted by atomic mass is 10.1. The van der Waals surface area contributed by atoms with E-state index in [1.807, 2.05) is 18.7 Å². The fraction of sp³-hybridized carbons (Fsp3) is 0.588. The number of nitrogens with two attached hydrogens (primary N) is 1. The highest BCUT2D eigenvalue weighted by Crippen LogP contribution is 2.16. The van der Waals surface area contributed by atoms with Crippen LogP contribution in [0.1, 0.15) is 51.5 Å². The summed E-state index contributed by atoms with van der Waals surface area (Å²) in [4.78, 5) is 24.5. The van der Waals surface area contributed by atoms with Crippen molar-refractivity contribution in [3.63, 3.8) is 0 Å². The van der Waals surface area contributed by atoms with E-state index in [2.05, 4.69) is 0 Å². The maximum atomic E-state index is 12.4. The van der Waals surface area contributed by atoms with Crippen LogP contribution in [-0.4, -0.2) is 28.3 Å². The first-order valence-corrected chi connectivity index (χ1v) is 8.18. The molecule has 1 amide bonds. The molecule has 1 rings (SSSR count). The van der Waals surface area contributed by atoms with Crippen molar-refractivity contribution in [3.05, 3.63) is 39.9 Å². The number of nitro benzene ring substituents is 1. The van der Waals surface area contributed by atoms with Crippen LogP contribution < -0.4 is 5.73 Å². The minimum Gasteiger partial charge on any atom is -0.336 e. The van der Waals surface area contributed by atoms with Crippen molar-refractivity contribution in [3.8, 4) is 0 Å². The average molecular weight is 321 g/mol. The summed E-state index contributed by atoms with van der Waals surface area (Å²) in [6.07, 6.45) is 4.50. The number of hydrogen-bond donors (Lipinski definition) is 1. The molecular formula is C17H27N3O3. The van der Waals surface area contributed by atoms with Crippen LogP contribution in [-0.2, 0) is 11.3 Å². The molecule has 0 heterocycles. The third kappa shape index (κ3) is 6.78. The second kappa shape index (κ2) is 9.94. The first-order chi connectivity index (χ1) is 11.0. The molecule has 1 aromatic rings. The Bertz CT molecular complexity index is 500. The number of amides is 1. The molecule has 23 heavy (non-hydrogen) atoms. The first kappa shape index (κ1) is 19.1. The van der Waals surface area contributed by atoms with E-state index in [0.29, 0.717) is 19.5 Å². The zero-order chi connectivity index (χ0) is 17.2. The third-order valence-electron chi connectivity index (χ3n) is 3.79. The van der Waals surface area contributed by atoms with E-state index in [1.54, 1.807) is 12.1 Å². The second-order valence-corrected chi connectivity index (χ2v) is 5.99. The van der Waals surface area contributed by atoms with E-state index in [0.717, 1.165) is 31.2 Å². The van der Waals surface area contributed by atoms with Gasteiger partial charge in [-0.05, 0) is 38.8 Å². The van der Waals surface area contributed by atoms with Gasteiger partial charge in [-0.3, -0.25) is 14.9 Å². The van der Waals surface area contributed by atoms with Crippen LogP contribution in [0.15, 0.2) is 24.3 Å². The Kier molecular flexibility index (Phi) is 8.26. The lowest BCUT2D eigenvalue weighted by Crippen LogP contribution is -2.36. The number of nitro groups is 1. The standard InChI is InChI=1S/C17H27N3O3/c1-14(2)19(17(21)7-5-3-4-6-12-18)13-15-8-10-16(11-9-15)20(22)23/h8-11,14H,3-7,12-13,18H2,1-2H3. The van der Waals surface area contributed by atoms with Crippen molar-refractivity contribution in [1.82, 2.24) is 4.90 Å². The van der Waals surface area contributed by atoms with E-state index < -0.39 is 4.92 Å². The van der Waals surface area contributed by atoms with Crippen LogP contribution in [0.5, 0.6) is 0 Å². The molecule has 0 aliphatic rings. The smallest absolute Gasteiger partial charge is 0.269 e. The Hall–Kier alpha value is -1.95. The highest BCUT2D eigenvalue weighted by Gasteiger charge is 2.17. The molecular weight excluding hydrogens is 294 g/mol. The first-order valence-electron chi connectivity index (χ1n) is 8.18. The van der Waals surface area contributed by atoms with Crippen LogP contribution in [0.25, 0.3) is 0 Å². The van der Waals surface area contributed by atoms with Gasteiger partial charge < -0.3 is 10.6 Å². The molecule has 0 aliphatic heterocycles. The van der Waals surface area contributed by atoms with Crippen molar-refractivity contribution in [2.45, 2.75) is 58.5 Å². The van der Waals surface area contributed by atoms with Crippen LogP contribution >= 0.6 is 0 Å². The lowest BCUT2D eigenvalue weighted by molar-refractivity contribution is -0.384. The Labute approximate surface area is 137 Å². The molecule has 0 spiro atoms. The maximum Gasteiger partial charge on any atom is 0.269 e. The van der Waals surface area contributed by atoms with Crippen molar-refractivity contribution < 1.29 is 9.72 Å². The SMILES string of the molecule is CC(C)N(Cc1ccc([N+](=O)[O-])cc1)C(=O)CCCCCCN. The lowest BCUT2D eigenvalue weighted by Gasteiger charge is -2.27. The monoisotopic (exact) mass is 321 g/mol. The molecule has 6 heteroatoms. The molecule has 0 aliphatic carbocycles. The summed E-state index contributed by atoms with van der Waals surface area (Å²) in [5, 5.41) is 10.7. The molecule has 1 aromatic carbocycles. The number of carbonyl (C=O) groups is 1. The largest absolute Gasteiger partial charge is 0.336 e. The number of non-ortho nitro benzene ring substituents is 1. The average Bonchev–Trinajstić information content (AvgIpc) is 2.52. The Morgan fingerprint density at radius 2 is 1.78 bits per heavy atom. The maximum absolute atomic E-state index is 12.4. The van der Waals surface area contributed by atoms with Gasteiger partial charge in [0.05, 0.1) is 4.92 Å². The topological polar surface area (TPSA) is 89.5 Å². The van der Waals surface area contributed by atoms with Gasteiger partial charge in [0.2, 0.25) is 5.91 Å². The zero-order valence-corrected chi connectivity index (χ0v) is 14.0. The Balaban J connectivity index is 2.56. The fourth-order valence-corrected chi connectivity index (χ4v) is 2.40. The van der Waals surface area contributed by atoms with Crippen LogP contribution in [0.2, 0.25) is 0 Å². The molecule has 0 unspecified atom stereocenters. The van der Waals surface area contributed by atoms with Gasteiger partial charge in [0.15, 0.2) is 0 Å². The Morgan fingerprint density at radius 3 is 2.30 bits per heavy atom. The molecule has 0 saturated heterocycles. The van der Waals surface area contributed by atoms with E-state index in [-0.39, 0.29) is 17.6 Å². The molecule has 0 radical (unpaired) electrons. The number of hydrogen-bond acceptors (Lipinski definition) is 4. The zero-order valence-electron chi connectivity index (χ0n) is 14.0. The summed E-state index contributed by atoms with van der Waals surface area (Å²) in [5.74, 6) is 0.131. The van der Waals surface area contributed by atoms with Gasteiger partial charge >= 0.3 is 0 Å². The molecule has 0 atom stereocenters. The highest BCUT2D eigenvalue weighted by atomic mass is 16.6. The summed E-state index contributed by atoms with van der Waals surface area (Å²) in [6.45, 7) is 5.15. The molecule has 128 valence electrons. The fourth-order valence-electron chi connectivity index (χ4n) is 2.40. The molecule has 6 nitrogen and oxygen atoms in total.